The standard InChI is InChI=1S/C20H21N5O2/c1-14-4-6-16(7-5-14)25-19(26)11-17(23-25)20(27)24-10-9-22-13-18(24)15-3-2-8-21-12-15/h2-8,11-12,18,22-23H,9-10,13H2,1H3. The van der Waals surface area contributed by atoms with Crippen molar-refractivity contribution < 1.29 is 4.79 Å². The van der Waals surface area contributed by atoms with Crippen molar-refractivity contribution in [3.05, 3.63) is 82.0 Å². The number of amides is 1. The first kappa shape index (κ1) is 17.2. The number of nitrogens with one attached hydrogen (secondary N) is 2. The molecule has 1 saturated heterocycles. The van der Waals surface area contributed by atoms with Crippen LogP contribution in [0.3, 0.4) is 0 Å². The van der Waals surface area contributed by atoms with Crippen molar-refractivity contribution in [3.8, 4) is 5.69 Å². The first-order chi connectivity index (χ1) is 13.1. The van der Waals surface area contributed by atoms with Gasteiger partial charge in [-0.15, -0.1) is 0 Å². The number of nitrogens with zero attached hydrogens (tertiary/aromatic N) is 3. The summed E-state index contributed by atoms with van der Waals surface area (Å²) in [7, 11) is 0. The normalized spacial score (nSPS) is 17.1. The molecular formula is C20H21N5O2. The number of aryl methyl sites for hydroxylation is 1. The molecule has 2 N–H and O–H groups in total. The van der Waals surface area contributed by atoms with Crippen molar-refractivity contribution in [3.63, 3.8) is 0 Å². The third-order valence-corrected chi connectivity index (χ3v) is 4.82. The molecule has 2 aromatic heterocycles. The summed E-state index contributed by atoms with van der Waals surface area (Å²) in [6.07, 6.45) is 3.49. The summed E-state index contributed by atoms with van der Waals surface area (Å²) < 4.78 is 1.40. The highest BCUT2D eigenvalue weighted by Crippen LogP contribution is 2.23. The Kier molecular flexibility index (Phi) is 4.60. The number of aromatic amines is 1. The minimum atomic E-state index is -0.254. The predicted molar refractivity (Wildman–Crippen MR) is 102 cm³/mol. The van der Waals surface area contributed by atoms with Crippen molar-refractivity contribution in [2.75, 3.05) is 19.6 Å². The Labute approximate surface area is 156 Å². The molecule has 7 heteroatoms. The van der Waals surface area contributed by atoms with E-state index < -0.39 is 0 Å². The fourth-order valence-corrected chi connectivity index (χ4v) is 3.36. The van der Waals surface area contributed by atoms with Gasteiger partial charge in [-0.3, -0.25) is 19.7 Å². The van der Waals surface area contributed by atoms with Gasteiger partial charge in [0.15, 0.2) is 0 Å². The molecule has 0 saturated carbocycles. The molecule has 3 heterocycles. The molecule has 0 spiro atoms. The summed E-state index contributed by atoms with van der Waals surface area (Å²) in [5.41, 5.74) is 2.81. The van der Waals surface area contributed by atoms with E-state index in [0.29, 0.717) is 25.3 Å². The number of piperazine rings is 1. The molecule has 0 aliphatic carbocycles. The first-order valence-electron chi connectivity index (χ1n) is 8.94. The van der Waals surface area contributed by atoms with Crippen molar-refractivity contribution in [1.82, 2.24) is 25.0 Å². The molecule has 27 heavy (non-hydrogen) atoms. The number of carbonyl (C=O) groups excluding carboxylic acids is 1. The monoisotopic (exact) mass is 363 g/mol. The Bertz CT molecular complexity index is 991. The van der Waals surface area contributed by atoms with Crippen LogP contribution in [-0.4, -0.2) is 45.2 Å². The highest BCUT2D eigenvalue weighted by molar-refractivity contribution is 5.92. The third-order valence-electron chi connectivity index (χ3n) is 4.82. The lowest BCUT2D eigenvalue weighted by atomic mass is 10.0. The number of rotatable bonds is 3. The largest absolute Gasteiger partial charge is 0.328 e. The number of carbonyl (C=O) groups is 1. The maximum atomic E-state index is 13.1. The zero-order chi connectivity index (χ0) is 18.8. The second-order valence-corrected chi connectivity index (χ2v) is 6.68. The lowest BCUT2D eigenvalue weighted by Gasteiger charge is -2.36. The van der Waals surface area contributed by atoms with Gasteiger partial charge in [0.2, 0.25) is 0 Å². The number of H-pyrrole nitrogens is 1. The Balaban J connectivity index is 1.65. The molecule has 1 fully saturated rings. The van der Waals surface area contributed by atoms with Crippen LogP contribution in [0, 0.1) is 6.92 Å². The summed E-state index contributed by atoms with van der Waals surface area (Å²) in [6.45, 7) is 3.92. The molecule has 3 aromatic rings. The van der Waals surface area contributed by atoms with E-state index in [2.05, 4.69) is 15.4 Å². The van der Waals surface area contributed by atoms with Crippen LogP contribution in [0.1, 0.15) is 27.7 Å². The van der Waals surface area contributed by atoms with E-state index in [0.717, 1.165) is 11.1 Å². The molecule has 4 rings (SSSR count). The van der Waals surface area contributed by atoms with E-state index in [9.17, 15) is 9.59 Å². The molecule has 1 aromatic carbocycles. The maximum Gasteiger partial charge on any atom is 0.272 e. The van der Waals surface area contributed by atoms with Crippen LogP contribution >= 0.6 is 0 Å². The summed E-state index contributed by atoms with van der Waals surface area (Å²) in [6, 6.07) is 12.6. The summed E-state index contributed by atoms with van der Waals surface area (Å²) in [4.78, 5) is 31.5. The van der Waals surface area contributed by atoms with Crippen LogP contribution in [0.4, 0.5) is 0 Å². The minimum absolute atomic E-state index is 0.119. The van der Waals surface area contributed by atoms with Crippen molar-refractivity contribution in [1.29, 1.82) is 0 Å². The Morgan fingerprint density at radius 2 is 2.04 bits per heavy atom. The fraction of sp³-hybridized carbons (Fsp3) is 0.250. The number of benzene rings is 1. The van der Waals surface area contributed by atoms with E-state index in [-0.39, 0.29) is 23.2 Å². The van der Waals surface area contributed by atoms with Gasteiger partial charge in [0.25, 0.3) is 11.5 Å². The predicted octanol–water partition coefficient (Wildman–Crippen LogP) is 1.66. The van der Waals surface area contributed by atoms with Crippen molar-refractivity contribution >= 4 is 5.91 Å². The zero-order valence-corrected chi connectivity index (χ0v) is 15.1. The SMILES string of the molecule is Cc1ccc(-n2[nH]c(C(=O)N3CCNCC3c3cccnc3)cc2=O)cc1. The van der Waals surface area contributed by atoms with Gasteiger partial charge in [0, 0.05) is 38.1 Å². The fourth-order valence-electron chi connectivity index (χ4n) is 3.36. The molecule has 1 amide bonds. The van der Waals surface area contributed by atoms with Gasteiger partial charge in [0.1, 0.15) is 5.69 Å². The molecule has 0 radical (unpaired) electrons. The van der Waals surface area contributed by atoms with Crippen LogP contribution < -0.4 is 10.9 Å². The van der Waals surface area contributed by atoms with Crippen LogP contribution in [0.5, 0.6) is 0 Å². The summed E-state index contributed by atoms with van der Waals surface area (Å²) in [5, 5.41) is 6.28. The average Bonchev–Trinajstić information content (AvgIpc) is 3.10. The summed E-state index contributed by atoms with van der Waals surface area (Å²) >= 11 is 0. The molecule has 1 aliphatic rings. The Morgan fingerprint density at radius 1 is 1.22 bits per heavy atom. The number of pyridine rings is 1. The minimum Gasteiger partial charge on any atom is -0.328 e. The molecule has 0 bridgehead atoms. The molecule has 1 atom stereocenters. The van der Waals surface area contributed by atoms with Crippen LogP contribution in [0.2, 0.25) is 0 Å². The lowest BCUT2D eigenvalue weighted by Crippen LogP contribution is -2.48. The highest BCUT2D eigenvalue weighted by Gasteiger charge is 2.30. The van der Waals surface area contributed by atoms with Crippen molar-refractivity contribution in [2.24, 2.45) is 0 Å². The molecular weight excluding hydrogens is 342 g/mol. The van der Waals surface area contributed by atoms with Gasteiger partial charge < -0.3 is 10.2 Å². The van der Waals surface area contributed by atoms with Crippen LogP contribution in [-0.2, 0) is 0 Å². The number of hydrogen-bond acceptors (Lipinski definition) is 4. The molecule has 1 unspecified atom stereocenters. The van der Waals surface area contributed by atoms with E-state index in [1.54, 1.807) is 17.3 Å². The smallest absolute Gasteiger partial charge is 0.272 e. The average molecular weight is 363 g/mol. The first-order valence-corrected chi connectivity index (χ1v) is 8.94. The third kappa shape index (κ3) is 3.41. The van der Waals surface area contributed by atoms with Gasteiger partial charge in [-0.25, -0.2) is 4.68 Å². The maximum absolute atomic E-state index is 13.1. The van der Waals surface area contributed by atoms with Crippen LogP contribution in [0.25, 0.3) is 5.69 Å². The summed E-state index contributed by atoms with van der Waals surface area (Å²) in [5.74, 6) is -0.187. The Morgan fingerprint density at radius 3 is 2.78 bits per heavy atom. The van der Waals surface area contributed by atoms with E-state index in [1.165, 1.54) is 10.7 Å². The van der Waals surface area contributed by atoms with Gasteiger partial charge in [0.05, 0.1) is 11.7 Å². The van der Waals surface area contributed by atoms with E-state index in [1.807, 2.05) is 43.3 Å². The van der Waals surface area contributed by atoms with Gasteiger partial charge in [-0.2, -0.15) is 0 Å². The second-order valence-electron chi connectivity index (χ2n) is 6.68. The molecule has 138 valence electrons. The molecule has 1 aliphatic heterocycles. The van der Waals surface area contributed by atoms with Gasteiger partial charge in [-0.05, 0) is 30.7 Å². The van der Waals surface area contributed by atoms with Crippen molar-refractivity contribution in [2.45, 2.75) is 13.0 Å². The van der Waals surface area contributed by atoms with Gasteiger partial charge >= 0.3 is 0 Å². The lowest BCUT2D eigenvalue weighted by molar-refractivity contribution is 0.0627. The Hall–Kier alpha value is -3.19. The zero-order valence-electron chi connectivity index (χ0n) is 15.1. The number of hydrogen-bond donors (Lipinski definition) is 2. The van der Waals surface area contributed by atoms with Gasteiger partial charge in [-0.1, -0.05) is 23.8 Å². The van der Waals surface area contributed by atoms with E-state index in [4.69, 9.17) is 0 Å². The highest BCUT2D eigenvalue weighted by atomic mass is 16.2. The quantitative estimate of drug-likeness (QED) is 0.741. The van der Waals surface area contributed by atoms with E-state index >= 15 is 0 Å². The van der Waals surface area contributed by atoms with Crippen LogP contribution in [0.15, 0.2) is 59.7 Å². The molecule has 7 nitrogen and oxygen atoms in total. The topological polar surface area (TPSA) is 83.0 Å². The number of aromatic nitrogens is 3. The second kappa shape index (κ2) is 7.20.